The van der Waals surface area contributed by atoms with E-state index in [-0.39, 0.29) is 24.2 Å². The maximum atomic E-state index is 12.8. The van der Waals surface area contributed by atoms with Crippen molar-refractivity contribution in [1.82, 2.24) is 10.2 Å². The van der Waals surface area contributed by atoms with E-state index in [0.717, 1.165) is 38.0 Å². The predicted molar refractivity (Wildman–Crippen MR) is 103 cm³/mol. The van der Waals surface area contributed by atoms with Crippen molar-refractivity contribution in [3.05, 3.63) is 48.0 Å². The van der Waals surface area contributed by atoms with Crippen molar-refractivity contribution in [1.29, 1.82) is 0 Å². The average molecular weight is 347 g/mol. The normalized spacial score (nSPS) is 16.7. The van der Waals surface area contributed by atoms with Gasteiger partial charge in [0, 0.05) is 13.1 Å². The summed E-state index contributed by atoms with van der Waals surface area (Å²) in [5, 5.41) is 5.68. The van der Waals surface area contributed by atoms with Crippen molar-refractivity contribution in [2.24, 2.45) is 5.92 Å². The molecule has 0 radical (unpaired) electrons. The number of benzene rings is 2. The summed E-state index contributed by atoms with van der Waals surface area (Å²) in [6, 6.07) is 14.7. The standard InChI is InChI=1S/C20H26N2O.ClH/c1-15(18-8-7-17-5-3-4-6-19(17)13-18)20(23)22-11-9-16(10-12-22)14-21-2;/h3-8,13,15-16,21H,9-12,14H2,1-2H3;1H. The first-order valence-electron chi connectivity index (χ1n) is 8.61. The second-order valence-electron chi connectivity index (χ2n) is 6.65. The molecule has 1 heterocycles. The van der Waals surface area contributed by atoms with Crippen LogP contribution in [0.15, 0.2) is 42.5 Å². The number of fused-ring (bicyclic) bond motifs is 1. The third kappa shape index (κ3) is 4.08. The summed E-state index contributed by atoms with van der Waals surface area (Å²) in [5.41, 5.74) is 1.12. The van der Waals surface area contributed by atoms with Gasteiger partial charge in [0.15, 0.2) is 0 Å². The molecule has 1 aliphatic rings. The second-order valence-corrected chi connectivity index (χ2v) is 6.65. The molecule has 0 spiro atoms. The van der Waals surface area contributed by atoms with Crippen molar-refractivity contribution in [3.63, 3.8) is 0 Å². The largest absolute Gasteiger partial charge is 0.342 e. The Bertz CT molecular complexity index is 680. The molecular formula is C20H27ClN2O. The van der Waals surface area contributed by atoms with E-state index in [9.17, 15) is 4.79 Å². The highest BCUT2D eigenvalue weighted by atomic mass is 35.5. The van der Waals surface area contributed by atoms with Crippen molar-refractivity contribution in [2.45, 2.75) is 25.7 Å². The fraction of sp³-hybridized carbons (Fsp3) is 0.450. The second kappa shape index (κ2) is 8.50. The zero-order chi connectivity index (χ0) is 16.2. The number of hydrogen-bond donors (Lipinski definition) is 1. The van der Waals surface area contributed by atoms with Gasteiger partial charge in [-0.15, -0.1) is 12.4 Å². The van der Waals surface area contributed by atoms with Gasteiger partial charge in [-0.1, -0.05) is 42.5 Å². The Morgan fingerprint density at radius 3 is 2.50 bits per heavy atom. The molecule has 0 aromatic heterocycles. The summed E-state index contributed by atoms with van der Waals surface area (Å²) < 4.78 is 0. The lowest BCUT2D eigenvalue weighted by Crippen LogP contribution is -2.42. The van der Waals surface area contributed by atoms with E-state index in [1.807, 2.05) is 31.0 Å². The van der Waals surface area contributed by atoms with E-state index in [0.29, 0.717) is 5.92 Å². The number of nitrogens with one attached hydrogen (secondary N) is 1. The van der Waals surface area contributed by atoms with Crippen LogP contribution in [0.5, 0.6) is 0 Å². The van der Waals surface area contributed by atoms with E-state index in [1.54, 1.807) is 0 Å². The van der Waals surface area contributed by atoms with E-state index in [2.05, 4.69) is 35.6 Å². The monoisotopic (exact) mass is 346 g/mol. The Labute approximate surface area is 150 Å². The molecule has 2 aromatic rings. The number of carbonyl (C=O) groups excluding carboxylic acids is 1. The Balaban J connectivity index is 0.00000208. The van der Waals surface area contributed by atoms with Crippen molar-refractivity contribution in [2.75, 3.05) is 26.7 Å². The topological polar surface area (TPSA) is 32.3 Å². The molecule has 130 valence electrons. The molecule has 1 amide bonds. The first-order chi connectivity index (χ1) is 11.2. The van der Waals surface area contributed by atoms with Gasteiger partial charge >= 0.3 is 0 Å². The van der Waals surface area contributed by atoms with E-state index in [1.165, 1.54) is 10.8 Å². The molecule has 1 aliphatic heterocycles. The van der Waals surface area contributed by atoms with Gasteiger partial charge in [0.05, 0.1) is 5.92 Å². The van der Waals surface area contributed by atoms with Crippen molar-refractivity contribution >= 4 is 29.1 Å². The molecule has 1 fully saturated rings. The van der Waals surface area contributed by atoms with Crippen LogP contribution < -0.4 is 5.32 Å². The summed E-state index contributed by atoms with van der Waals surface area (Å²) in [6.45, 7) is 4.88. The number of nitrogens with zero attached hydrogens (tertiary/aromatic N) is 1. The van der Waals surface area contributed by atoms with E-state index < -0.39 is 0 Å². The van der Waals surface area contributed by atoms with Gasteiger partial charge in [-0.3, -0.25) is 4.79 Å². The molecular weight excluding hydrogens is 320 g/mol. The maximum absolute atomic E-state index is 12.8. The lowest BCUT2D eigenvalue weighted by molar-refractivity contribution is -0.133. The van der Waals surface area contributed by atoms with Gasteiger partial charge in [-0.25, -0.2) is 0 Å². The SMILES string of the molecule is CNCC1CCN(C(=O)C(C)c2ccc3ccccc3c2)CC1.Cl. The lowest BCUT2D eigenvalue weighted by atomic mass is 9.93. The molecule has 24 heavy (non-hydrogen) atoms. The van der Waals surface area contributed by atoms with Crippen LogP contribution >= 0.6 is 12.4 Å². The third-order valence-corrected chi connectivity index (χ3v) is 5.06. The van der Waals surface area contributed by atoms with E-state index in [4.69, 9.17) is 0 Å². The maximum Gasteiger partial charge on any atom is 0.229 e. The molecule has 2 aromatic carbocycles. The minimum absolute atomic E-state index is 0. The zero-order valence-corrected chi connectivity index (χ0v) is 15.3. The number of piperidine rings is 1. The van der Waals surface area contributed by atoms with Gasteiger partial charge in [0.1, 0.15) is 0 Å². The molecule has 3 nitrogen and oxygen atoms in total. The smallest absolute Gasteiger partial charge is 0.229 e. The van der Waals surface area contributed by atoms with Crippen LogP contribution in [0.3, 0.4) is 0 Å². The van der Waals surface area contributed by atoms with Crippen molar-refractivity contribution < 1.29 is 4.79 Å². The Morgan fingerprint density at radius 2 is 1.83 bits per heavy atom. The summed E-state index contributed by atoms with van der Waals surface area (Å²) >= 11 is 0. The number of amides is 1. The Hall–Kier alpha value is -1.58. The molecule has 0 aliphatic carbocycles. The molecule has 1 unspecified atom stereocenters. The molecule has 3 rings (SSSR count). The van der Waals surface area contributed by atoms with Crippen molar-refractivity contribution in [3.8, 4) is 0 Å². The quantitative estimate of drug-likeness (QED) is 0.912. The van der Waals surface area contributed by atoms with Gasteiger partial charge in [-0.2, -0.15) is 0 Å². The summed E-state index contributed by atoms with van der Waals surface area (Å²) in [7, 11) is 2.00. The van der Waals surface area contributed by atoms with Gasteiger partial charge in [-0.05, 0) is 55.6 Å². The first-order valence-corrected chi connectivity index (χ1v) is 8.61. The fourth-order valence-electron chi connectivity index (χ4n) is 3.54. The Morgan fingerprint density at radius 1 is 1.17 bits per heavy atom. The lowest BCUT2D eigenvalue weighted by Gasteiger charge is -2.33. The summed E-state index contributed by atoms with van der Waals surface area (Å²) in [5.74, 6) is 0.906. The van der Waals surface area contributed by atoms with Crippen LogP contribution in [0.2, 0.25) is 0 Å². The van der Waals surface area contributed by atoms with Crippen LogP contribution in [-0.4, -0.2) is 37.5 Å². The number of hydrogen-bond acceptors (Lipinski definition) is 2. The number of carbonyl (C=O) groups is 1. The summed E-state index contributed by atoms with van der Waals surface area (Å²) in [4.78, 5) is 14.9. The highest BCUT2D eigenvalue weighted by Gasteiger charge is 2.26. The zero-order valence-electron chi connectivity index (χ0n) is 14.5. The van der Waals surface area contributed by atoms with E-state index >= 15 is 0 Å². The fourth-order valence-corrected chi connectivity index (χ4v) is 3.54. The predicted octanol–water partition coefficient (Wildman–Crippen LogP) is 3.82. The first kappa shape index (κ1) is 18.8. The highest BCUT2D eigenvalue weighted by molar-refractivity contribution is 5.87. The van der Waals surface area contributed by atoms with Crippen LogP contribution in [-0.2, 0) is 4.79 Å². The number of halogens is 1. The number of rotatable bonds is 4. The minimum atomic E-state index is -0.0690. The third-order valence-electron chi connectivity index (χ3n) is 5.06. The van der Waals surface area contributed by atoms with Crippen LogP contribution in [0.4, 0.5) is 0 Å². The average Bonchev–Trinajstić information content (AvgIpc) is 2.61. The highest BCUT2D eigenvalue weighted by Crippen LogP contribution is 2.25. The van der Waals surface area contributed by atoms with Crippen LogP contribution in [0.25, 0.3) is 10.8 Å². The van der Waals surface area contributed by atoms with Crippen LogP contribution in [0.1, 0.15) is 31.2 Å². The summed E-state index contributed by atoms with van der Waals surface area (Å²) in [6.07, 6.45) is 2.22. The Kier molecular flexibility index (Phi) is 6.64. The molecule has 4 heteroatoms. The molecule has 1 saturated heterocycles. The van der Waals surface area contributed by atoms with Gasteiger partial charge < -0.3 is 10.2 Å². The molecule has 1 N–H and O–H groups in total. The molecule has 1 atom stereocenters. The van der Waals surface area contributed by atoms with Crippen LogP contribution in [0, 0.1) is 5.92 Å². The molecule has 0 bridgehead atoms. The van der Waals surface area contributed by atoms with Gasteiger partial charge in [0.2, 0.25) is 5.91 Å². The molecule has 0 saturated carbocycles. The minimum Gasteiger partial charge on any atom is -0.342 e. The van der Waals surface area contributed by atoms with Gasteiger partial charge in [0.25, 0.3) is 0 Å². The number of likely N-dealkylation sites (tertiary alicyclic amines) is 1.